The molecule has 0 saturated heterocycles. The topological polar surface area (TPSA) is 62.8 Å². The van der Waals surface area contributed by atoms with Crippen LogP contribution in [0.5, 0.6) is 23.0 Å². The second-order valence-corrected chi connectivity index (χ2v) is 15.2. The Balaban J connectivity index is 1.14. The zero-order valence-corrected chi connectivity index (χ0v) is 32.9. The van der Waals surface area contributed by atoms with Crippen molar-refractivity contribution in [1.29, 1.82) is 0 Å². The first kappa shape index (κ1) is 34.7. The number of hydrogen-bond donors (Lipinski definition) is 0. The maximum atomic E-state index is 13.8. The van der Waals surface area contributed by atoms with Crippen molar-refractivity contribution in [3.05, 3.63) is 191 Å². The van der Waals surface area contributed by atoms with Gasteiger partial charge in [0, 0.05) is 62.4 Å². The number of aromatic nitrogens is 2. The van der Waals surface area contributed by atoms with E-state index in [2.05, 4.69) is 132 Å². The zero-order chi connectivity index (χ0) is 40.0. The second-order valence-electron chi connectivity index (χ2n) is 15.2. The SMILES string of the molecule is COc1ccc(-c2c(C)c3ccccn3c2-c2ccc3c(c2)Oc2cc(-c4c(-c5ccc(OC)cc5)c(C)c5ccccn45)ccc2C32OC(=O)c3ccccc32)cc1. The van der Waals surface area contributed by atoms with Crippen LogP contribution in [0.4, 0.5) is 0 Å². The molecule has 0 atom stereocenters. The van der Waals surface area contributed by atoms with Gasteiger partial charge in [-0.25, -0.2) is 4.79 Å². The molecule has 2 aliphatic heterocycles. The first-order valence-electron chi connectivity index (χ1n) is 19.7. The number of methoxy groups -OCH3 is 2. The summed E-state index contributed by atoms with van der Waals surface area (Å²) in [4.78, 5) is 13.8. The first-order chi connectivity index (χ1) is 28.9. The Hall–Kier alpha value is -7.51. The molecule has 6 heterocycles. The minimum Gasteiger partial charge on any atom is -0.497 e. The Morgan fingerprint density at radius 3 is 1.46 bits per heavy atom. The third kappa shape index (κ3) is 4.97. The number of benzene rings is 5. The number of esters is 1. The summed E-state index contributed by atoms with van der Waals surface area (Å²) in [5.41, 5.74) is 14.6. The molecule has 0 bridgehead atoms. The molecule has 0 N–H and O–H groups in total. The van der Waals surface area contributed by atoms with Crippen LogP contribution in [0.2, 0.25) is 0 Å². The number of pyridine rings is 2. The van der Waals surface area contributed by atoms with Gasteiger partial charge in [0.1, 0.15) is 23.0 Å². The molecule has 2 aliphatic rings. The van der Waals surface area contributed by atoms with E-state index >= 15 is 0 Å². The average molecular weight is 771 g/mol. The Kier molecular flexibility index (Phi) is 7.66. The molecule has 0 amide bonds. The van der Waals surface area contributed by atoms with E-state index in [0.717, 1.165) is 95.1 Å². The van der Waals surface area contributed by atoms with Crippen LogP contribution in [0.1, 0.15) is 38.2 Å². The van der Waals surface area contributed by atoms with Crippen molar-refractivity contribution < 1.29 is 23.7 Å². The van der Waals surface area contributed by atoms with E-state index in [1.165, 1.54) is 0 Å². The molecule has 0 aliphatic carbocycles. The highest BCUT2D eigenvalue weighted by Crippen LogP contribution is 2.58. The fourth-order valence-corrected chi connectivity index (χ4v) is 9.50. The molecule has 286 valence electrons. The van der Waals surface area contributed by atoms with Gasteiger partial charge >= 0.3 is 5.97 Å². The first-order valence-corrected chi connectivity index (χ1v) is 19.7. The van der Waals surface area contributed by atoms with E-state index in [9.17, 15) is 4.79 Å². The predicted molar refractivity (Wildman–Crippen MR) is 231 cm³/mol. The van der Waals surface area contributed by atoms with Crippen molar-refractivity contribution in [1.82, 2.24) is 8.80 Å². The van der Waals surface area contributed by atoms with E-state index in [1.807, 2.05) is 48.5 Å². The van der Waals surface area contributed by atoms with Gasteiger partial charge in [0.15, 0.2) is 5.60 Å². The molecule has 1 spiro atoms. The van der Waals surface area contributed by atoms with E-state index in [1.54, 1.807) is 14.2 Å². The van der Waals surface area contributed by atoms with Crippen LogP contribution in [0.25, 0.3) is 55.8 Å². The Morgan fingerprint density at radius 1 is 0.508 bits per heavy atom. The van der Waals surface area contributed by atoms with Gasteiger partial charge in [-0.15, -0.1) is 0 Å². The monoisotopic (exact) mass is 770 g/mol. The van der Waals surface area contributed by atoms with Crippen molar-refractivity contribution in [3.63, 3.8) is 0 Å². The van der Waals surface area contributed by atoms with Gasteiger partial charge in [-0.1, -0.05) is 66.7 Å². The Morgan fingerprint density at radius 2 is 0.966 bits per heavy atom. The molecular weight excluding hydrogens is 733 g/mol. The van der Waals surface area contributed by atoms with Gasteiger partial charge in [-0.05, 0) is 115 Å². The Bertz CT molecular complexity index is 2990. The van der Waals surface area contributed by atoms with Crippen LogP contribution in [0.15, 0.2) is 158 Å². The van der Waals surface area contributed by atoms with Gasteiger partial charge in [0.2, 0.25) is 0 Å². The number of carbonyl (C=O) groups excluding carboxylic acids is 1. The number of carbonyl (C=O) groups is 1. The van der Waals surface area contributed by atoms with Gasteiger partial charge < -0.3 is 27.7 Å². The van der Waals surface area contributed by atoms with Crippen molar-refractivity contribution in [2.75, 3.05) is 14.2 Å². The lowest BCUT2D eigenvalue weighted by Gasteiger charge is -2.37. The fourth-order valence-electron chi connectivity index (χ4n) is 9.50. The minimum absolute atomic E-state index is 0.363. The second kappa shape index (κ2) is 13.0. The third-order valence-electron chi connectivity index (χ3n) is 12.2. The number of aryl methyl sites for hydroxylation is 2. The highest BCUT2D eigenvalue weighted by Gasteiger charge is 2.53. The lowest BCUT2D eigenvalue weighted by Crippen LogP contribution is -2.33. The molecule has 5 aromatic carbocycles. The molecule has 7 heteroatoms. The molecule has 0 saturated carbocycles. The Labute approximate surface area is 341 Å². The summed E-state index contributed by atoms with van der Waals surface area (Å²) in [7, 11) is 3.36. The van der Waals surface area contributed by atoms with Gasteiger partial charge in [-0.3, -0.25) is 0 Å². The minimum atomic E-state index is -1.22. The highest BCUT2D eigenvalue weighted by atomic mass is 16.6. The molecule has 11 rings (SSSR count). The summed E-state index contributed by atoms with van der Waals surface area (Å²) in [5.74, 6) is 2.47. The summed E-state index contributed by atoms with van der Waals surface area (Å²) < 4.78 is 29.2. The van der Waals surface area contributed by atoms with Crippen LogP contribution in [0, 0.1) is 13.8 Å². The molecule has 0 unspecified atom stereocenters. The highest BCUT2D eigenvalue weighted by molar-refractivity contribution is 5.98. The number of rotatable bonds is 6. The van der Waals surface area contributed by atoms with Gasteiger partial charge in [0.05, 0.1) is 31.2 Å². The summed E-state index contributed by atoms with van der Waals surface area (Å²) in [5, 5.41) is 0. The molecule has 59 heavy (non-hydrogen) atoms. The maximum absolute atomic E-state index is 13.8. The summed E-state index contributed by atoms with van der Waals surface area (Å²) in [6.07, 6.45) is 4.21. The van der Waals surface area contributed by atoms with E-state index in [-0.39, 0.29) is 5.97 Å². The van der Waals surface area contributed by atoms with Crippen molar-refractivity contribution in [2.45, 2.75) is 19.4 Å². The van der Waals surface area contributed by atoms with Crippen LogP contribution in [-0.4, -0.2) is 29.0 Å². The average Bonchev–Trinajstić information content (AvgIpc) is 3.87. The van der Waals surface area contributed by atoms with E-state index < -0.39 is 5.60 Å². The molecule has 7 nitrogen and oxygen atoms in total. The van der Waals surface area contributed by atoms with Crippen LogP contribution in [-0.2, 0) is 10.3 Å². The fraction of sp³-hybridized carbons (Fsp3) is 0.0962. The largest absolute Gasteiger partial charge is 0.497 e. The van der Waals surface area contributed by atoms with Crippen molar-refractivity contribution in [3.8, 4) is 67.8 Å². The van der Waals surface area contributed by atoms with Crippen molar-refractivity contribution >= 4 is 17.0 Å². The normalized spacial score (nSPS) is 13.5. The number of fused-ring (bicyclic) bond motifs is 8. The number of nitrogens with zero attached hydrogens (tertiary/aromatic N) is 2. The molecule has 0 radical (unpaired) electrons. The molecule has 0 fully saturated rings. The standard InChI is InChI=1S/C52H38N2O5/c1-31-43-13-7-9-27-53(43)49(47(31)33-15-21-37(56-3)22-16-33)35-19-25-41-45(29-35)58-46-30-36(20-26-42(46)52(41)40-12-6-5-11-39(40)51(55)59-52)50-48(34-17-23-38(57-4)24-18-34)32(2)44-14-8-10-28-54(44)50/h5-30H,1-4H3. The lowest BCUT2D eigenvalue weighted by atomic mass is 9.77. The van der Waals surface area contributed by atoms with Crippen molar-refractivity contribution in [2.24, 2.45) is 0 Å². The third-order valence-corrected chi connectivity index (χ3v) is 12.2. The maximum Gasteiger partial charge on any atom is 0.340 e. The lowest BCUT2D eigenvalue weighted by molar-refractivity contribution is 0.0224. The molecule has 9 aromatic rings. The summed E-state index contributed by atoms with van der Waals surface area (Å²) >= 11 is 0. The summed E-state index contributed by atoms with van der Waals surface area (Å²) in [6.45, 7) is 4.34. The van der Waals surface area contributed by atoms with Gasteiger partial charge in [-0.2, -0.15) is 0 Å². The molecule has 4 aromatic heterocycles. The van der Waals surface area contributed by atoms with E-state index in [0.29, 0.717) is 17.1 Å². The van der Waals surface area contributed by atoms with Crippen LogP contribution < -0.4 is 14.2 Å². The predicted octanol–water partition coefficient (Wildman–Crippen LogP) is 12.1. The zero-order valence-electron chi connectivity index (χ0n) is 32.9. The smallest absolute Gasteiger partial charge is 0.340 e. The number of ether oxygens (including phenoxy) is 4. The van der Waals surface area contributed by atoms with Gasteiger partial charge in [0.25, 0.3) is 0 Å². The van der Waals surface area contributed by atoms with E-state index in [4.69, 9.17) is 18.9 Å². The summed E-state index contributed by atoms with van der Waals surface area (Å²) in [6, 6.07) is 49.2. The molecular formula is C52H38N2O5. The van der Waals surface area contributed by atoms with Crippen LogP contribution >= 0.6 is 0 Å². The van der Waals surface area contributed by atoms with Crippen LogP contribution in [0.3, 0.4) is 0 Å². The number of hydrogen-bond acceptors (Lipinski definition) is 5. The quantitative estimate of drug-likeness (QED) is 0.158.